The number of nitrogens with one attached hydrogen (secondary N) is 4. The minimum Gasteiger partial charge on any atom is -0.480 e. The molecule has 37 heavy (non-hydrogen) atoms. The van der Waals surface area contributed by atoms with Crippen molar-refractivity contribution < 1.29 is 29.1 Å². The van der Waals surface area contributed by atoms with E-state index in [0.717, 1.165) is 32.4 Å². The first-order valence-corrected chi connectivity index (χ1v) is 12.9. The van der Waals surface area contributed by atoms with Crippen LogP contribution in [0.1, 0.15) is 55.8 Å². The molecule has 0 bridgehead atoms. The van der Waals surface area contributed by atoms with Crippen molar-refractivity contribution in [3.63, 3.8) is 0 Å². The summed E-state index contributed by atoms with van der Waals surface area (Å²) >= 11 is 0. The van der Waals surface area contributed by atoms with Crippen LogP contribution in [0.2, 0.25) is 0 Å². The third kappa shape index (κ3) is 8.85. The van der Waals surface area contributed by atoms with Crippen LogP contribution in [0.3, 0.4) is 0 Å². The molecule has 2 heterocycles. The summed E-state index contributed by atoms with van der Waals surface area (Å²) in [6, 6.07) is 4.69. The van der Waals surface area contributed by atoms with Crippen molar-refractivity contribution in [3.8, 4) is 0 Å². The van der Waals surface area contributed by atoms with Crippen LogP contribution in [-0.4, -0.2) is 78.4 Å². The molecule has 2 aliphatic rings. The lowest BCUT2D eigenvalue weighted by atomic mass is 9.92. The number of nitrogens with zero attached hydrogens (tertiary/aromatic N) is 1. The summed E-state index contributed by atoms with van der Waals surface area (Å²) in [4.78, 5) is 62.6. The summed E-state index contributed by atoms with van der Waals surface area (Å²) in [7, 11) is 0. The molecular weight excluding hydrogens is 478 g/mol. The second-order valence-corrected chi connectivity index (χ2v) is 9.78. The number of benzene rings is 1. The fraction of sp³-hybridized carbons (Fsp3) is 0.577. The number of amides is 4. The van der Waals surface area contributed by atoms with Gasteiger partial charge in [0.25, 0.3) is 5.91 Å². The van der Waals surface area contributed by atoms with Gasteiger partial charge in [-0.3, -0.25) is 19.2 Å². The first-order valence-electron chi connectivity index (χ1n) is 12.9. The molecule has 0 aliphatic carbocycles. The molecule has 202 valence electrons. The normalized spacial score (nSPS) is 18.9. The number of hydrogen-bond acceptors (Lipinski definition) is 6. The molecule has 3 rings (SSSR count). The third-order valence-corrected chi connectivity index (χ3v) is 6.92. The van der Waals surface area contributed by atoms with E-state index in [-0.39, 0.29) is 29.8 Å². The quantitative estimate of drug-likeness (QED) is 0.311. The van der Waals surface area contributed by atoms with E-state index in [0.29, 0.717) is 44.0 Å². The van der Waals surface area contributed by atoms with Crippen LogP contribution in [0.5, 0.6) is 0 Å². The number of carboxylic acid groups (broad SMARTS) is 1. The van der Waals surface area contributed by atoms with Crippen molar-refractivity contribution in [2.24, 2.45) is 11.8 Å². The Labute approximate surface area is 216 Å². The van der Waals surface area contributed by atoms with Crippen LogP contribution in [0.4, 0.5) is 5.69 Å². The van der Waals surface area contributed by atoms with Gasteiger partial charge in [0.05, 0.1) is 5.92 Å². The van der Waals surface area contributed by atoms with E-state index in [9.17, 15) is 29.1 Å². The summed E-state index contributed by atoms with van der Waals surface area (Å²) in [5, 5.41) is 20.5. The largest absolute Gasteiger partial charge is 0.480 e. The average molecular weight is 516 g/mol. The number of carboxylic acids is 1. The van der Waals surface area contributed by atoms with Gasteiger partial charge in [-0.05, 0) is 75.4 Å². The van der Waals surface area contributed by atoms with Crippen molar-refractivity contribution in [2.45, 2.75) is 51.5 Å². The molecule has 5 N–H and O–H groups in total. The van der Waals surface area contributed by atoms with Gasteiger partial charge in [-0.1, -0.05) is 0 Å². The molecule has 2 saturated heterocycles. The molecular formula is C26H37N5O6. The second kappa shape index (κ2) is 13.7. The molecule has 0 radical (unpaired) electrons. The Kier molecular flexibility index (Phi) is 10.4. The van der Waals surface area contributed by atoms with Crippen LogP contribution in [0.15, 0.2) is 24.3 Å². The summed E-state index contributed by atoms with van der Waals surface area (Å²) in [5.41, 5.74) is 0.731. The number of piperidine rings is 2. The van der Waals surface area contributed by atoms with Gasteiger partial charge in [-0.15, -0.1) is 0 Å². The Morgan fingerprint density at radius 3 is 2.43 bits per heavy atom. The molecule has 0 unspecified atom stereocenters. The van der Waals surface area contributed by atoms with Crippen LogP contribution in [0, 0.1) is 11.8 Å². The number of aliphatic carboxylic acids is 1. The van der Waals surface area contributed by atoms with Gasteiger partial charge in [0.15, 0.2) is 0 Å². The predicted molar refractivity (Wildman–Crippen MR) is 137 cm³/mol. The summed E-state index contributed by atoms with van der Waals surface area (Å²) < 4.78 is 0. The van der Waals surface area contributed by atoms with Crippen molar-refractivity contribution in [1.29, 1.82) is 0 Å². The SMILES string of the molecule is CC(=O)Nc1ccc(C(=O)N[C@@H](CNC(=O)[C@@H]2CCCN(C(=O)CCC3CCNCC3)C2)C(=O)O)cc1. The van der Waals surface area contributed by atoms with Crippen molar-refractivity contribution in [3.05, 3.63) is 29.8 Å². The summed E-state index contributed by atoms with van der Waals surface area (Å²) in [5.74, 6) is -2.25. The van der Waals surface area contributed by atoms with E-state index < -0.39 is 23.8 Å². The van der Waals surface area contributed by atoms with E-state index in [1.165, 1.54) is 31.2 Å². The number of anilines is 1. The zero-order valence-electron chi connectivity index (χ0n) is 21.3. The molecule has 0 spiro atoms. The fourth-order valence-electron chi connectivity index (χ4n) is 4.77. The highest BCUT2D eigenvalue weighted by Crippen LogP contribution is 2.21. The van der Waals surface area contributed by atoms with Crippen molar-refractivity contribution in [1.82, 2.24) is 20.9 Å². The molecule has 4 amide bonds. The highest BCUT2D eigenvalue weighted by atomic mass is 16.4. The molecule has 2 fully saturated rings. The zero-order valence-corrected chi connectivity index (χ0v) is 21.3. The van der Waals surface area contributed by atoms with E-state index in [1.54, 1.807) is 4.90 Å². The maximum absolute atomic E-state index is 12.8. The Balaban J connectivity index is 1.46. The van der Waals surface area contributed by atoms with E-state index in [2.05, 4.69) is 21.3 Å². The summed E-state index contributed by atoms with van der Waals surface area (Å²) in [6.07, 6.45) is 4.85. The Morgan fingerprint density at radius 2 is 1.78 bits per heavy atom. The van der Waals surface area contributed by atoms with Crippen LogP contribution < -0.4 is 21.3 Å². The standard InChI is InChI=1S/C26H37N5O6/c1-17(32)29-21-7-5-19(6-8-21)25(35)30-22(26(36)37)15-28-24(34)20-3-2-14-31(16-20)23(33)9-4-18-10-12-27-13-11-18/h5-8,18,20,22,27H,2-4,9-16H2,1H3,(H,28,34)(H,29,32)(H,30,35)(H,36,37)/t20-,22+/m1/s1. The zero-order chi connectivity index (χ0) is 26.8. The number of rotatable bonds is 10. The van der Waals surface area contributed by atoms with Gasteiger partial charge in [-0.25, -0.2) is 4.79 Å². The molecule has 1 aromatic carbocycles. The lowest BCUT2D eigenvalue weighted by Gasteiger charge is -2.33. The van der Waals surface area contributed by atoms with Gasteiger partial charge in [0.2, 0.25) is 17.7 Å². The van der Waals surface area contributed by atoms with Gasteiger partial charge in [0.1, 0.15) is 6.04 Å². The fourth-order valence-corrected chi connectivity index (χ4v) is 4.77. The molecule has 11 heteroatoms. The van der Waals surface area contributed by atoms with Gasteiger partial charge in [-0.2, -0.15) is 0 Å². The van der Waals surface area contributed by atoms with Crippen LogP contribution in [0.25, 0.3) is 0 Å². The predicted octanol–water partition coefficient (Wildman–Crippen LogP) is 0.963. The third-order valence-electron chi connectivity index (χ3n) is 6.92. The maximum atomic E-state index is 12.8. The molecule has 1 aromatic rings. The minimum absolute atomic E-state index is 0.0660. The van der Waals surface area contributed by atoms with Crippen molar-refractivity contribution in [2.75, 3.05) is 38.0 Å². The van der Waals surface area contributed by atoms with Gasteiger partial charge < -0.3 is 31.3 Å². The van der Waals surface area contributed by atoms with E-state index in [4.69, 9.17) is 0 Å². The smallest absolute Gasteiger partial charge is 0.328 e. The Hall–Kier alpha value is -3.47. The highest BCUT2D eigenvalue weighted by Gasteiger charge is 2.30. The van der Waals surface area contributed by atoms with Gasteiger partial charge in [0, 0.05) is 44.2 Å². The number of hydrogen-bond donors (Lipinski definition) is 5. The number of carbonyl (C=O) groups is 5. The Morgan fingerprint density at radius 1 is 1.08 bits per heavy atom. The second-order valence-electron chi connectivity index (χ2n) is 9.78. The molecule has 0 saturated carbocycles. The monoisotopic (exact) mass is 515 g/mol. The van der Waals surface area contributed by atoms with Crippen LogP contribution in [-0.2, 0) is 19.2 Å². The molecule has 2 atom stereocenters. The summed E-state index contributed by atoms with van der Waals surface area (Å²) in [6.45, 7) is 4.03. The van der Waals surface area contributed by atoms with Crippen LogP contribution >= 0.6 is 0 Å². The average Bonchev–Trinajstić information content (AvgIpc) is 2.90. The molecule has 11 nitrogen and oxygen atoms in total. The highest BCUT2D eigenvalue weighted by molar-refractivity contribution is 5.97. The minimum atomic E-state index is -1.32. The van der Waals surface area contributed by atoms with E-state index >= 15 is 0 Å². The lowest BCUT2D eigenvalue weighted by Crippen LogP contribution is -2.51. The van der Waals surface area contributed by atoms with Crippen molar-refractivity contribution >= 4 is 35.3 Å². The number of likely N-dealkylation sites (tertiary alicyclic amines) is 1. The molecule has 2 aliphatic heterocycles. The Bertz CT molecular complexity index is 976. The molecule has 0 aromatic heterocycles. The number of carbonyl (C=O) groups excluding carboxylic acids is 4. The topological polar surface area (TPSA) is 157 Å². The van der Waals surface area contributed by atoms with Gasteiger partial charge >= 0.3 is 5.97 Å². The maximum Gasteiger partial charge on any atom is 0.328 e. The first-order chi connectivity index (χ1) is 17.7. The van der Waals surface area contributed by atoms with E-state index in [1.807, 2.05) is 0 Å². The first kappa shape index (κ1) is 28.1. The lowest BCUT2D eigenvalue weighted by molar-refractivity contribution is -0.139.